The molecular weight excluding hydrogens is 322 g/mol. The average Bonchev–Trinajstić information content (AvgIpc) is 3.02. The molecule has 2 aliphatic rings. The van der Waals surface area contributed by atoms with E-state index < -0.39 is 0 Å². The van der Waals surface area contributed by atoms with Crippen LogP contribution in [0.2, 0.25) is 0 Å². The highest BCUT2D eigenvalue weighted by Crippen LogP contribution is 2.28. The van der Waals surface area contributed by atoms with Crippen LogP contribution in [0.25, 0.3) is 0 Å². The number of nitrogens with zero attached hydrogens (tertiary/aromatic N) is 2. The smallest absolute Gasteiger partial charge is 0.223 e. The minimum absolute atomic E-state index is 0.0554. The van der Waals surface area contributed by atoms with Crippen molar-refractivity contribution in [1.29, 1.82) is 0 Å². The predicted octanol–water partition coefficient (Wildman–Crippen LogP) is 2.00. The molecule has 1 fully saturated rings. The van der Waals surface area contributed by atoms with Crippen molar-refractivity contribution in [2.45, 2.75) is 52.1 Å². The molecule has 0 bridgehead atoms. The van der Waals surface area contributed by atoms with Gasteiger partial charge in [0.25, 0.3) is 0 Å². The summed E-state index contributed by atoms with van der Waals surface area (Å²) >= 11 is 1.77. The number of piperidine rings is 1. The zero-order chi connectivity index (χ0) is 17.3. The van der Waals surface area contributed by atoms with E-state index in [1.165, 1.54) is 10.4 Å². The molecule has 0 spiro atoms. The minimum Gasteiger partial charge on any atom is -0.342 e. The first-order valence-electron chi connectivity index (χ1n) is 8.73. The maximum atomic E-state index is 12.5. The van der Waals surface area contributed by atoms with Crippen molar-refractivity contribution in [1.82, 2.24) is 9.80 Å². The topological polar surface area (TPSA) is 66.6 Å². The largest absolute Gasteiger partial charge is 0.342 e. The summed E-state index contributed by atoms with van der Waals surface area (Å²) < 4.78 is 0. The first kappa shape index (κ1) is 17.4. The van der Waals surface area contributed by atoms with Gasteiger partial charge in [-0.3, -0.25) is 9.59 Å². The van der Waals surface area contributed by atoms with Gasteiger partial charge in [-0.2, -0.15) is 0 Å². The van der Waals surface area contributed by atoms with Crippen molar-refractivity contribution >= 4 is 23.2 Å². The molecule has 1 saturated heterocycles. The fourth-order valence-electron chi connectivity index (χ4n) is 3.58. The molecule has 0 aromatic carbocycles. The van der Waals surface area contributed by atoms with Gasteiger partial charge in [0.2, 0.25) is 11.8 Å². The van der Waals surface area contributed by atoms with Gasteiger partial charge in [0, 0.05) is 49.9 Å². The van der Waals surface area contributed by atoms with Gasteiger partial charge in [0.1, 0.15) is 0 Å². The van der Waals surface area contributed by atoms with Gasteiger partial charge in [0.05, 0.1) is 0 Å². The maximum Gasteiger partial charge on any atom is 0.223 e. The molecule has 3 heterocycles. The van der Waals surface area contributed by atoms with Crippen LogP contribution < -0.4 is 5.73 Å². The van der Waals surface area contributed by atoms with Crippen LogP contribution in [0.3, 0.4) is 0 Å². The second-order valence-corrected chi connectivity index (χ2v) is 8.63. The van der Waals surface area contributed by atoms with Crippen LogP contribution in [0, 0.1) is 5.41 Å². The minimum atomic E-state index is -0.0554. The third-order valence-corrected chi connectivity index (χ3v) is 6.40. The van der Waals surface area contributed by atoms with E-state index in [0.29, 0.717) is 32.5 Å². The molecule has 24 heavy (non-hydrogen) atoms. The number of fused-ring (bicyclic) bond motifs is 1. The normalized spacial score (nSPS) is 23.0. The summed E-state index contributed by atoms with van der Waals surface area (Å²) in [5.41, 5.74) is 7.33. The Morgan fingerprint density at radius 1 is 1.25 bits per heavy atom. The Morgan fingerprint density at radius 3 is 2.67 bits per heavy atom. The average molecular weight is 350 g/mol. The third-order valence-electron chi connectivity index (χ3n) is 5.38. The number of hydrogen-bond donors (Lipinski definition) is 1. The highest BCUT2D eigenvalue weighted by molar-refractivity contribution is 7.10. The molecule has 2 aliphatic heterocycles. The van der Waals surface area contributed by atoms with Gasteiger partial charge in [-0.15, -0.1) is 11.3 Å². The lowest BCUT2D eigenvalue weighted by molar-refractivity contribution is -0.139. The summed E-state index contributed by atoms with van der Waals surface area (Å²) in [5.74, 6) is 0.171. The first-order valence-corrected chi connectivity index (χ1v) is 9.61. The zero-order valence-electron chi connectivity index (χ0n) is 14.6. The van der Waals surface area contributed by atoms with Crippen molar-refractivity contribution in [3.63, 3.8) is 0 Å². The first-order chi connectivity index (χ1) is 11.4. The maximum absolute atomic E-state index is 12.5. The Balaban J connectivity index is 1.49. The van der Waals surface area contributed by atoms with Gasteiger partial charge in [0.15, 0.2) is 0 Å². The van der Waals surface area contributed by atoms with Crippen LogP contribution in [0.5, 0.6) is 0 Å². The van der Waals surface area contributed by atoms with E-state index in [0.717, 1.165) is 19.4 Å². The summed E-state index contributed by atoms with van der Waals surface area (Å²) in [6.07, 6.45) is 2.38. The molecule has 0 aliphatic carbocycles. The molecule has 132 valence electrons. The Kier molecular flexibility index (Phi) is 4.97. The Morgan fingerprint density at radius 2 is 1.96 bits per heavy atom. The van der Waals surface area contributed by atoms with Crippen molar-refractivity contribution in [3.8, 4) is 0 Å². The Labute approximate surface area is 147 Å². The van der Waals surface area contributed by atoms with Crippen molar-refractivity contribution in [3.05, 3.63) is 21.9 Å². The van der Waals surface area contributed by atoms with Crippen molar-refractivity contribution < 1.29 is 9.59 Å². The number of rotatable bonds is 3. The fraction of sp³-hybridized carbons (Fsp3) is 0.667. The summed E-state index contributed by atoms with van der Waals surface area (Å²) in [6, 6.07) is 2.24. The summed E-state index contributed by atoms with van der Waals surface area (Å²) in [4.78, 5) is 30.0. The molecule has 1 aromatic rings. The van der Waals surface area contributed by atoms with Crippen molar-refractivity contribution in [2.75, 3.05) is 19.6 Å². The standard InChI is InChI=1S/C18H27N3O2S/c1-18(2)12-21(9-6-15(18)19)17(23)4-3-16(22)20-8-5-14-13(11-20)7-10-24-14/h7,10,15H,3-6,8-9,11-12,19H2,1-2H3. The molecule has 6 heteroatoms. The number of carbonyl (C=O) groups excluding carboxylic acids is 2. The van der Waals surface area contributed by atoms with Crippen LogP contribution in [0.4, 0.5) is 0 Å². The molecule has 0 radical (unpaired) electrons. The van der Waals surface area contributed by atoms with E-state index in [1.807, 2.05) is 9.80 Å². The molecule has 1 atom stereocenters. The van der Waals surface area contributed by atoms with Crippen molar-refractivity contribution in [2.24, 2.45) is 11.1 Å². The van der Waals surface area contributed by atoms with Crippen LogP contribution in [-0.2, 0) is 22.6 Å². The summed E-state index contributed by atoms with van der Waals surface area (Å²) in [7, 11) is 0. The Bertz CT molecular complexity index is 626. The number of nitrogens with two attached hydrogens (primary N) is 1. The highest BCUT2D eigenvalue weighted by atomic mass is 32.1. The number of amides is 2. The number of thiophene rings is 1. The molecule has 5 nitrogen and oxygen atoms in total. The summed E-state index contributed by atoms with van der Waals surface area (Å²) in [5, 5.41) is 2.09. The molecule has 3 rings (SSSR count). The zero-order valence-corrected chi connectivity index (χ0v) is 15.4. The lowest BCUT2D eigenvalue weighted by Gasteiger charge is -2.42. The lowest BCUT2D eigenvalue weighted by atomic mass is 9.79. The highest BCUT2D eigenvalue weighted by Gasteiger charge is 2.35. The molecule has 2 N–H and O–H groups in total. The quantitative estimate of drug-likeness (QED) is 0.908. The van der Waals surface area contributed by atoms with Crippen LogP contribution in [0.15, 0.2) is 11.4 Å². The Hall–Kier alpha value is -1.40. The second-order valence-electron chi connectivity index (χ2n) is 7.63. The van der Waals surface area contributed by atoms with Crippen LogP contribution in [-0.4, -0.2) is 47.3 Å². The third kappa shape index (κ3) is 3.64. The number of hydrogen-bond acceptors (Lipinski definition) is 4. The van der Waals surface area contributed by atoms with E-state index in [-0.39, 0.29) is 23.3 Å². The van der Waals surface area contributed by atoms with E-state index >= 15 is 0 Å². The summed E-state index contributed by atoms with van der Waals surface area (Å²) in [6.45, 7) is 7.06. The van der Waals surface area contributed by atoms with Gasteiger partial charge >= 0.3 is 0 Å². The van der Waals surface area contributed by atoms with E-state index in [1.54, 1.807) is 11.3 Å². The number of likely N-dealkylation sites (tertiary alicyclic amines) is 1. The monoisotopic (exact) mass is 349 g/mol. The molecule has 2 amide bonds. The van der Waals surface area contributed by atoms with Crippen LogP contribution in [0.1, 0.15) is 43.6 Å². The van der Waals surface area contributed by atoms with Gasteiger partial charge in [-0.05, 0) is 35.3 Å². The molecule has 1 aromatic heterocycles. The number of carbonyl (C=O) groups is 2. The lowest BCUT2D eigenvalue weighted by Crippen LogP contribution is -2.54. The van der Waals surface area contributed by atoms with Crippen LogP contribution >= 0.6 is 11.3 Å². The van der Waals surface area contributed by atoms with E-state index in [9.17, 15) is 9.59 Å². The van der Waals surface area contributed by atoms with E-state index in [4.69, 9.17) is 5.73 Å². The SMILES string of the molecule is CC1(C)CN(C(=O)CCC(=O)N2CCc3sccc3C2)CCC1N. The van der Waals surface area contributed by atoms with Gasteiger partial charge < -0.3 is 15.5 Å². The molecule has 0 saturated carbocycles. The molecule has 1 unspecified atom stereocenters. The van der Waals surface area contributed by atoms with E-state index in [2.05, 4.69) is 25.3 Å². The van der Waals surface area contributed by atoms with Gasteiger partial charge in [-0.25, -0.2) is 0 Å². The van der Waals surface area contributed by atoms with Gasteiger partial charge in [-0.1, -0.05) is 13.8 Å². The fourth-order valence-corrected chi connectivity index (χ4v) is 4.47. The molecular formula is C18H27N3O2S. The second kappa shape index (κ2) is 6.84. The predicted molar refractivity (Wildman–Crippen MR) is 95.6 cm³/mol.